The van der Waals surface area contributed by atoms with Crippen molar-refractivity contribution in [1.82, 2.24) is 15.1 Å². The second-order valence-corrected chi connectivity index (χ2v) is 6.02. The van der Waals surface area contributed by atoms with Gasteiger partial charge in [-0.2, -0.15) is 0 Å². The Kier molecular flexibility index (Phi) is 4.69. The molecule has 7 nitrogen and oxygen atoms in total. The van der Waals surface area contributed by atoms with Gasteiger partial charge in [0, 0.05) is 13.1 Å². The van der Waals surface area contributed by atoms with Gasteiger partial charge in [-0.15, -0.1) is 0 Å². The molecule has 1 aromatic carbocycles. The number of ether oxygens (including phenoxy) is 1. The van der Waals surface area contributed by atoms with Crippen LogP contribution in [0.25, 0.3) is 0 Å². The largest absolute Gasteiger partial charge is 0.415 e. The molecule has 3 rings (SSSR count). The second kappa shape index (κ2) is 6.90. The highest BCUT2D eigenvalue weighted by molar-refractivity contribution is 5.97. The maximum absolute atomic E-state index is 12.4. The molecular formula is C17H21N3O4. The van der Waals surface area contributed by atoms with E-state index in [1.165, 1.54) is 4.90 Å². The average molecular weight is 331 g/mol. The lowest BCUT2D eigenvalue weighted by atomic mass is 10.0. The molecule has 1 N–H and O–H groups in total. The fraction of sp³-hybridized carbons (Fsp3) is 0.471. The fourth-order valence-corrected chi connectivity index (χ4v) is 3.10. The van der Waals surface area contributed by atoms with Crippen molar-refractivity contribution in [2.24, 2.45) is 0 Å². The van der Waals surface area contributed by atoms with E-state index in [-0.39, 0.29) is 18.4 Å². The number of piperazine rings is 2. The Morgan fingerprint density at radius 3 is 2.71 bits per heavy atom. The Morgan fingerprint density at radius 1 is 1.25 bits per heavy atom. The molecule has 2 fully saturated rings. The number of carbonyl (C=O) groups excluding carboxylic acids is 3. The third-order valence-electron chi connectivity index (χ3n) is 4.36. The van der Waals surface area contributed by atoms with Gasteiger partial charge in [-0.25, -0.2) is 4.79 Å². The SMILES string of the molecule is CCC[C@@H]1NC(=O)[C@H]2CN(C(=O)Oc3ccccc3)CCN2C1=O. The second-order valence-electron chi connectivity index (χ2n) is 6.02. The molecule has 0 saturated carbocycles. The Bertz CT molecular complexity index is 634. The monoisotopic (exact) mass is 331 g/mol. The van der Waals surface area contributed by atoms with Gasteiger partial charge in [0.1, 0.15) is 17.8 Å². The summed E-state index contributed by atoms with van der Waals surface area (Å²) in [7, 11) is 0. The Morgan fingerprint density at radius 2 is 2.00 bits per heavy atom. The normalized spacial score (nSPS) is 23.5. The first-order chi connectivity index (χ1) is 11.6. The fourth-order valence-electron chi connectivity index (χ4n) is 3.10. The van der Waals surface area contributed by atoms with Crippen molar-refractivity contribution in [3.8, 4) is 5.75 Å². The van der Waals surface area contributed by atoms with E-state index >= 15 is 0 Å². The topological polar surface area (TPSA) is 79.0 Å². The molecule has 7 heteroatoms. The van der Waals surface area contributed by atoms with Gasteiger partial charge in [0.2, 0.25) is 11.8 Å². The van der Waals surface area contributed by atoms with Crippen LogP contribution >= 0.6 is 0 Å². The number of carbonyl (C=O) groups is 3. The summed E-state index contributed by atoms with van der Waals surface area (Å²) in [6.07, 6.45) is 0.954. The van der Waals surface area contributed by atoms with Crippen molar-refractivity contribution < 1.29 is 19.1 Å². The van der Waals surface area contributed by atoms with E-state index in [2.05, 4.69) is 5.32 Å². The van der Waals surface area contributed by atoms with E-state index in [9.17, 15) is 14.4 Å². The van der Waals surface area contributed by atoms with Gasteiger partial charge >= 0.3 is 6.09 Å². The highest BCUT2D eigenvalue weighted by atomic mass is 16.6. The zero-order valence-corrected chi connectivity index (χ0v) is 13.6. The molecule has 0 radical (unpaired) electrons. The minimum Gasteiger partial charge on any atom is -0.410 e. The van der Waals surface area contributed by atoms with Crippen LogP contribution in [0.15, 0.2) is 30.3 Å². The van der Waals surface area contributed by atoms with Crippen LogP contribution in [-0.2, 0) is 9.59 Å². The molecule has 2 aliphatic rings. The lowest BCUT2D eigenvalue weighted by Crippen LogP contribution is -2.69. The number of hydrogen-bond donors (Lipinski definition) is 1. The summed E-state index contributed by atoms with van der Waals surface area (Å²) in [6, 6.07) is 7.70. The van der Waals surface area contributed by atoms with Crippen LogP contribution in [-0.4, -0.2) is 59.4 Å². The van der Waals surface area contributed by atoms with Gasteiger partial charge in [-0.1, -0.05) is 31.5 Å². The van der Waals surface area contributed by atoms with Gasteiger partial charge in [0.15, 0.2) is 0 Å². The van der Waals surface area contributed by atoms with Gasteiger partial charge in [-0.05, 0) is 18.6 Å². The van der Waals surface area contributed by atoms with Crippen LogP contribution < -0.4 is 10.1 Å². The lowest BCUT2D eigenvalue weighted by molar-refractivity contribution is -0.152. The van der Waals surface area contributed by atoms with Crippen LogP contribution in [0.2, 0.25) is 0 Å². The van der Waals surface area contributed by atoms with E-state index in [1.54, 1.807) is 29.2 Å². The summed E-state index contributed by atoms with van der Waals surface area (Å²) >= 11 is 0. The number of nitrogens with zero attached hydrogens (tertiary/aromatic N) is 2. The summed E-state index contributed by atoms with van der Waals surface area (Å²) in [5.41, 5.74) is 0. The minimum absolute atomic E-state index is 0.0578. The number of amides is 3. The predicted molar refractivity (Wildman–Crippen MR) is 86.4 cm³/mol. The summed E-state index contributed by atoms with van der Waals surface area (Å²) in [6.45, 7) is 2.84. The quantitative estimate of drug-likeness (QED) is 0.896. The number of rotatable bonds is 3. The third-order valence-corrected chi connectivity index (χ3v) is 4.36. The lowest BCUT2D eigenvalue weighted by Gasteiger charge is -2.44. The zero-order chi connectivity index (χ0) is 17.1. The molecule has 1 aromatic rings. The molecule has 0 aliphatic carbocycles. The van der Waals surface area contributed by atoms with Crippen LogP contribution in [0, 0.1) is 0 Å². The van der Waals surface area contributed by atoms with E-state index in [0.29, 0.717) is 25.3 Å². The molecular weight excluding hydrogens is 310 g/mol. The molecule has 128 valence electrons. The molecule has 24 heavy (non-hydrogen) atoms. The number of fused-ring (bicyclic) bond motifs is 1. The molecule has 0 unspecified atom stereocenters. The third kappa shape index (κ3) is 3.20. The van der Waals surface area contributed by atoms with Crippen LogP contribution in [0.3, 0.4) is 0 Å². The van der Waals surface area contributed by atoms with E-state index in [0.717, 1.165) is 6.42 Å². The number of hydrogen-bond acceptors (Lipinski definition) is 4. The van der Waals surface area contributed by atoms with Gasteiger partial charge in [-0.3, -0.25) is 9.59 Å². The first-order valence-electron chi connectivity index (χ1n) is 8.23. The first-order valence-corrected chi connectivity index (χ1v) is 8.23. The Labute approximate surface area is 140 Å². The predicted octanol–water partition coefficient (Wildman–Crippen LogP) is 0.997. The van der Waals surface area contributed by atoms with E-state index < -0.39 is 18.2 Å². The van der Waals surface area contributed by atoms with Crippen molar-refractivity contribution in [1.29, 1.82) is 0 Å². The van der Waals surface area contributed by atoms with Crippen molar-refractivity contribution in [3.05, 3.63) is 30.3 Å². The molecule has 2 atom stereocenters. The van der Waals surface area contributed by atoms with Crippen LogP contribution in [0.1, 0.15) is 19.8 Å². The molecule has 0 aromatic heterocycles. The number of para-hydroxylation sites is 1. The van der Waals surface area contributed by atoms with Crippen molar-refractivity contribution in [2.45, 2.75) is 31.8 Å². The zero-order valence-electron chi connectivity index (χ0n) is 13.6. The van der Waals surface area contributed by atoms with E-state index in [4.69, 9.17) is 4.74 Å². The van der Waals surface area contributed by atoms with Crippen LogP contribution in [0.5, 0.6) is 5.75 Å². The molecule has 0 spiro atoms. The number of nitrogens with one attached hydrogen (secondary N) is 1. The summed E-state index contributed by atoms with van der Waals surface area (Å²) < 4.78 is 5.31. The Balaban J connectivity index is 1.65. The maximum Gasteiger partial charge on any atom is 0.415 e. The molecule has 2 aliphatic heterocycles. The van der Waals surface area contributed by atoms with Crippen molar-refractivity contribution in [2.75, 3.05) is 19.6 Å². The van der Waals surface area contributed by atoms with E-state index in [1.807, 2.05) is 13.0 Å². The summed E-state index contributed by atoms with van der Waals surface area (Å²) in [5.74, 6) is 0.194. The maximum atomic E-state index is 12.4. The highest BCUT2D eigenvalue weighted by Crippen LogP contribution is 2.19. The minimum atomic E-state index is -0.636. The standard InChI is InChI=1S/C17H21N3O4/c1-2-6-13-16(22)20-10-9-19(11-14(20)15(21)18-13)17(23)24-12-7-4-3-5-8-12/h3-5,7-8,13-14H,2,6,9-11H2,1H3,(H,18,21)/t13-,14+/m0/s1. The van der Waals surface area contributed by atoms with Crippen molar-refractivity contribution in [3.63, 3.8) is 0 Å². The van der Waals surface area contributed by atoms with Crippen molar-refractivity contribution >= 4 is 17.9 Å². The summed E-state index contributed by atoms with van der Waals surface area (Å²) in [5, 5.41) is 2.77. The Hall–Kier alpha value is -2.57. The molecule has 2 heterocycles. The van der Waals surface area contributed by atoms with Gasteiger partial charge < -0.3 is 19.9 Å². The van der Waals surface area contributed by atoms with Gasteiger partial charge in [0.05, 0.1) is 6.54 Å². The number of benzene rings is 1. The molecule has 3 amide bonds. The van der Waals surface area contributed by atoms with Crippen LogP contribution in [0.4, 0.5) is 4.79 Å². The van der Waals surface area contributed by atoms with Gasteiger partial charge in [0.25, 0.3) is 0 Å². The molecule has 2 saturated heterocycles. The smallest absolute Gasteiger partial charge is 0.410 e. The highest BCUT2D eigenvalue weighted by Gasteiger charge is 2.44. The molecule has 0 bridgehead atoms. The average Bonchev–Trinajstić information content (AvgIpc) is 2.60. The first kappa shape index (κ1) is 16.3. The summed E-state index contributed by atoms with van der Waals surface area (Å²) in [4.78, 5) is 40.1.